The van der Waals surface area contributed by atoms with Gasteiger partial charge in [-0.1, -0.05) is 6.07 Å². The van der Waals surface area contributed by atoms with Gasteiger partial charge in [-0.2, -0.15) is 0 Å². The van der Waals surface area contributed by atoms with Crippen LogP contribution in [0.4, 0.5) is 11.5 Å². The Kier molecular flexibility index (Phi) is 6.76. The molecule has 3 aromatic rings. The van der Waals surface area contributed by atoms with E-state index in [1.54, 1.807) is 39.6 Å². The van der Waals surface area contributed by atoms with Crippen LogP contribution in [0.25, 0.3) is 10.9 Å². The molecule has 1 N–H and O–H groups in total. The Balaban J connectivity index is 1.42. The Morgan fingerprint density at radius 3 is 2.53 bits per heavy atom. The number of nitro benzene ring substituents is 1. The Labute approximate surface area is 197 Å². The van der Waals surface area contributed by atoms with E-state index < -0.39 is 10.8 Å². The molecule has 0 saturated carbocycles. The zero-order chi connectivity index (χ0) is 24.2. The van der Waals surface area contributed by atoms with Crippen LogP contribution in [0.2, 0.25) is 0 Å². The van der Waals surface area contributed by atoms with E-state index in [-0.39, 0.29) is 17.2 Å². The van der Waals surface area contributed by atoms with Gasteiger partial charge in [0.25, 0.3) is 11.6 Å². The van der Waals surface area contributed by atoms with Gasteiger partial charge >= 0.3 is 0 Å². The van der Waals surface area contributed by atoms with Crippen LogP contribution in [0.1, 0.15) is 28.8 Å². The summed E-state index contributed by atoms with van der Waals surface area (Å²) in [5.41, 5.74) is 1.49. The van der Waals surface area contributed by atoms with Crippen molar-refractivity contribution in [2.45, 2.75) is 19.8 Å². The predicted molar refractivity (Wildman–Crippen MR) is 128 cm³/mol. The van der Waals surface area contributed by atoms with Crippen molar-refractivity contribution in [2.24, 2.45) is 5.92 Å². The minimum Gasteiger partial charge on any atom is -0.493 e. The number of nitrogens with one attached hydrogen (secondary N) is 1. The summed E-state index contributed by atoms with van der Waals surface area (Å²) in [5.74, 6) is 1.92. The summed E-state index contributed by atoms with van der Waals surface area (Å²) in [6, 6.07) is 8.29. The number of methoxy groups -OCH3 is 2. The molecule has 0 bridgehead atoms. The zero-order valence-corrected chi connectivity index (χ0v) is 19.4. The van der Waals surface area contributed by atoms with E-state index in [1.165, 1.54) is 6.07 Å². The number of benzene rings is 2. The molecular weight excluding hydrogens is 438 g/mol. The highest BCUT2D eigenvalue weighted by Crippen LogP contribution is 2.35. The molecule has 34 heavy (non-hydrogen) atoms. The monoisotopic (exact) mass is 465 g/mol. The number of nitrogens with zero attached hydrogens (tertiary/aromatic N) is 4. The summed E-state index contributed by atoms with van der Waals surface area (Å²) in [5, 5.41) is 15.1. The molecule has 1 aliphatic rings. The molecule has 1 amide bonds. The Hall–Kier alpha value is -3.95. The lowest BCUT2D eigenvalue weighted by atomic mass is 9.96. The number of piperidine rings is 1. The summed E-state index contributed by atoms with van der Waals surface area (Å²) < 4.78 is 10.8. The van der Waals surface area contributed by atoms with Crippen molar-refractivity contribution in [1.29, 1.82) is 0 Å². The van der Waals surface area contributed by atoms with Gasteiger partial charge in [0, 0.05) is 37.2 Å². The molecule has 2 aromatic carbocycles. The van der Waals surface area contributed by atoms with Crippen molar-refractivity contribution in [3.8, 4) is 11.5 Å². The van der Waals surface area contributed by atoms with Crippen molar-refractivity contribution in [2.75, 3.05) is 38.8 Å². The van der Waals surface area contributed by atoms with E-state index in [0.29, 0.717) is 18.0 Å². The molecule has 0 unspecified atom stereocenters. The van der Waals surface area contributed by atoms with E-state index in [0.717, 1.165) is 48.2 Å². The molecule has 1 saturated heterocycles. The van der Waals surface area contributed by atoms with E-state index in [4.69, 9.17) is 9.47 Å². The van der Waals surface area contributed by atoms with Crippen LogP contribution in [0.3, 0.4) is 0 Å². The lowest BCUT2D eigenvalue weighted by Crippen LogP contribution is -2.39. The highest BCUT2D eigenvalue weighted by atomic mass is 16.6. The van der Waals surface area contributed by atoms with E-state index >= 15 is 0 Å². The van der Waals surface area contributed by atoms with Gasteiger partial charge in [0.2, 0.25) is 0 Å². The number of carbonyl (C=O) groups excluding carboxylic acids is 1. The molecule has 2 heterocycles. The number of aromatic nitrogens is 2. The molecule has 0 aliphatic carbocycles. The third kappa shape index (κ3) is 4.70. The minimum atomic E-state index is -0.524. The van der Waals surface area contributed by atoms with Gasteiger partial charge in [-0.15, -0.1) is 0 Å². The molecule has 10 nitrogen and oxygen atoms in total. The van der Waals surface area contributed by atoms with Crippen LogP contribution in [0.5, 0.6) is 11.5 Å². The first kappa shape index (κ1) is 23.2. The first-order chi connectivity index (χ1) is 16.4. The SMILES string of the molecule is COc1cc2ncnc(N3CCC(CNC(=O)c4cc(C)ccc4[N+](=O)[O-])CC3)c2cc1OC. The van der Waals surface area contributed by atoms with Crippen LogP contribution in [-0.4, -0.2) is 54.7 Å². The lowest BCUT2D eigenvalue weighted by molar-refractivity contribution is -0.385. The molecule has 0 radical (unpaired) electrons. The van der Waals surface area contributed by atoms with Gasteiger partial charge in [-0.25, -0.2) is 9.97 Å². The number of hydrogen-bond donors (Lipinski definition) is 1. The molecular formula is C24H27N5O5. The zero-order valence-electron chi connectivity index (χ0n) is 19.4. The maximum absolute atomic E-state index is 12.6. The van der Waals surface area contributed by atoms with Gasteiger partial charge in [0.15, 0.2) is 11.5 Å². The van der Waals surface area contributed by atoms with Crippen LogP contribution < -0.4 is 19.7 Å². The van der Waals surface area contributed by atoms with Crippen LogP contribution in [0.15, 0.2) is 36.7 Å². The maximum atomic E-state index is 12.6. The molecule has 0 atom stereocenters. The topological polar surface area (TPSA) is 120 Å². The van der Waals surface area contributed by atoms with Gasteiger partial charge in [-0.05, 0) is 43.4 Å². The third-order valence-corrected chi connectivity index (χ3v) is 6.18. The van der Waals surface area contributed by atoms with E-state index in [9.17, 15) is 14.9 Å². The minimum absolute atomic E-state index is 0.0965. The molecule has 1 aliphatic heterocycles. The first-order valence-corrected chi connectivity index (χ1v) is 11.1. The van der Waals surface area contributed by atoms with Crippen LogP contribution >= 0.6 is 0 Å². The third-order valence-electron chi connectivity index (χ3n) is 6.18. The summed E-state index contributed by atoms with van der Waals surface area (Å²) in [6.07, 6.45) is 3.26. The Bertz CT molecular complexity index is 1220. The van der Waals surface area contributed by atoms with Crippen molar-refractivity contribution in [3.63, 3.8) is 0 Å². The fourth-order valence-electron chi connectivity index (χ4n) is 4.29. The highest BCUT2D eigenvalue weighted by Gasteiger charge is 2.25. The van der Waals surface area contributed by atoms with Crippen LogP contribution in [-0.2, 0) is 0 Å². The highest BCUT2D eigenvalue weighted by molar-refractivity contribution is 5.98. The molecule has 1 fully saturated rings. The smallest absolute Gasteiger partial charge is 0.282 e. The Morgan fingerprint density at radius 1 is 1.15 bits per heavy atom. The standard InChI is InChI=1S/C24H27N5O5/c1-15-4-5-20(29(31)32)18(10-15)24(30)25-13-16-6-8-28(9-7-16)23-17-11-21(33-2)22(34-3)12-19(17)26-14-27-23/h4-5,10-12,14,16H,6-9,13H2,1-3H3,(H,25,30). The van der Waals surface area contributed by atoms with E-state index in [1.807, 2.05) is 12.1 Å². The summed E-state index contributed by atoms with van der Waals surface area (Å²) in [4.78, 5) is 34.5. The average Bonchev–Trinajstić information content (AvgIpc) is 2.86. The molecule has 4 rings (SSSR count). The fourth-order valence-corrected chi connectivity index (χ4v) is 4.29. The van der Waals surface area contributed by atoms with Crippen molar-refractivity contribution in [1.82, 2.24) is 15.3 Å². The maximum Gasteiger partial charge on any atom is 0.282 e. The summed E-state index contributed by atoms with van der Waals surface area (Å²) >= 11 is 0. The number of fused-ring (bicyclic) bond motifs is 1. The molecule has 1 aromatic heterocycles. The van der Waals surface area contributed by atoms with Gasteiger partial charge in [0.05, 0.1) is 24.7 Å². The summed E-state index contributed by atoms with van der Waals surface area (Å²) in [7, 11) is 3.19. The van der Waals surface area contributed by atoms with Crippen LogP contribution in [0, 0.1) is 23.0 Å². The quantitative estimate of drug-likeness (QED) is 0.416. The summed E-state index contributed by atoms with van der Waals surface area (Å²) in [6.45, 7) is 3.81. The number of rotatable bonds is 7. The van der Waals surface area contributed by atoms with Crippen molar-refractivity contribution < 1.29 is 19.2 Å². The number of anilines is 1. The van der Waals surface area contributed by atoms with E-state index in [2.05, 4.69) is 20.2 Å². The number of aryl methyl sites for hydroxylation is 1. The molecule has 178 valence electrons. The largest absolute Gasteiger partial charge is 0.493 e. The fraction of sp³-hybridized carbons (Fsp3) is 0.375. The second-order valence-electron chi connectivity index (χ2n) is 8.34. The number of hydrogen-bond acceptors (Lipinski definition) is 8. The number of ether oxygens (including phenoxy) is 2. The number of nitro groups is 1. The van der Waals surface area contributed by atoms with Gasteiger partial charge in [-0.3, -0.25) is 14.9 Å². The lowest BCUT2D eigenvalue weighted by Gasteiger charge is -2.33. The van der Waals surface area contributed by atoms with Gasteiger partial charge in [0.1, 0.15) is 17.7 Å². The van der Waals surface area contributed by atoms with Crippen molar-refractivity contribution >= 4 is 28.3 Å². The average molecular weight is 466 g/mol. The normalized spacial score (nSPS) is 14.1. The van der Waals surface area contributed by atoms with Crippen molar-refractivity contribution in [3.05, 3.63) is 57.9 Å². The predicted octanol–water partition coefficient (Wildman–Crippen LogP) is 3.51. The molecule has 10 heteroatoms. The second-order valence-corrected chi connectivity index (χ2v) is 8.34. The molecule has 0 spiro atoms. The van der Waals surface area contributed by atoms with Gasteiger partial charge < -0.3 is 19.7 Å². The Morgan fingerprint density at radius 2 is 1.85 bits per heavy atom. The first-order valence-electron chi connectivity index (χ1n) is 11.1. The second kappa shape index (κ2) is 9.90. The number of carbonyl (C=O) groups is 1. The number of amides is 1.